The molecule has 2 aromatic rings. The second-order valence-corrected chi connectivity index (χ2v) is 7.97. The minimum Gasteiger partial charge on any atom is -0.488 e. The molecule has 0 bridgehead atoms. The summed E-state index contributed by atoms with van der Waals surface area (Å²) in [5.74, 6) is 2.22. The minimum atomic E-state index is 0.0559. The standard InChI is InChI=1S/C22H30N6O3/c1-15-10-16(13-23)18(11-19(15)31-17-4-9-30-14-17)24-20-12-21(26-22(25-20)29-3)28-7-5-27(2)6-8-28/h10-13,17,23H,4-9,14H2,1-3H3,(H,24,25,26). The van der Waals surface area contributed by atoms with Crippen LogP contribution in [0.4, 0.5) is 17.3 Å². The summed E-state index contributed by atoms with van der Waals surface area (Å²) in [7, 11) is 3.69. The van der Waals surface area contributed by atoms with Gasteiger partial charge in [-0.1, -0.05) is 0 Å². The lowest BCUT2D eigenvalue weighted by molar-refractivity contribution is 0.141. The molecule has 1 unspecified atom stereocenters. The van der Waals surface area contributed by atoms with Crippen molar-refractivity contribution in [2.75, 3.05) is 63.8 Å². The third-order valence-electron chi connectivity index (χ3n) is 5.65. The molecule has 9 nitrogen and oxygen atoms in total. The second-order valence-electron chi connectivity index (χ2n) is 7.97. The first-order valence-corrected chi connectivity index (χ1v) is 10.6. The average Bonchev–Trinajstić information content (AvgIpc) is 3.29. The molecule has 2 aliphatic rings. The highest BCUT2D eigenvalue weighted by atomic mass is 16.5. The van der Waals surface area contributed by atoms with Gasteiger partial charge >= 0.3 is 6.01 Å². The van der Waals surface area contributed by atoms with E-state index in [0.29, 0.717) is 18.4 Å². The van der Waals surface area contributed by atoms with Gasteiger partial charge in [-0.05, 0) is 25.6 Å². The first kappa shape index (κ1) is 21.3. The van der Waals surface area contributed by atoms with Crippen molar-refractivity contribution in [3.8, 4) is 11.8 Å². The zero-order chi connectivity index (χ0) is 21.8. The fourth-order valence-electron chi connectivity index (χ4n) is 3.75. The summed E-state index contributed by atoms with van der Waals surface area (Å²) in [6, 6.07) is 6.10. The Kier molecular flexibility index (Phi) is 6.53. The van der Waals surface area contributed by atoms with Crippen molar-refractivity contribution in [3.05, 3.63) is 29.3 Å². The Balaban J connectivity index is 1.61. The number of nitrogens with zero attached hydrogens (tertiary/aromatic N) is 4. The van der Waals surface area contributed by atoms with Gasteiger partial charge in [0.15, 0.2) is 0 Å². The third kappa shape index (κ3) is 5.05. The van der Waals surface area contributed by atoms with Crippen LogP contribution < -0.4 is 19.7 Å². The van der Waals surface area contributed by atoms with Gasteiger partial charge in [0, 0.05) is 56.5 Å². The van der Waals surface area contributed by atoms with E-state index in [-0.39, 0.29) is 6.10 Å². The molecule has 166 valence electrons. The number of hydrogen-bond donors (Lipinski definition) is 2. The van der Waals surface area contributed by atoms with Crippen molar-refractivity contribution in [3.63, 3.8) is 0 Å². The van der Waals surface area contributed by atoms with E-state index in [1.807, 2.05) is 25.1 Å². The fourth-order valence-corrected chi connectivity index (χ4v) is 3.75. The van der Waals surface area contributed by atoms with Crippen LogP contribution in [-0.2, 0) is 4.74 Å². The van der Waals surface area contributed by atoms with Gasteiger partial charge < -0.3 is 34.7 Å². The number of hydrogen-bond acceptors (Lipinski definition) is 9. The van der Waals surface area contributed by atoms with E-state index in [4.69, 9.17) is 19.6 Å². The molecular formula is C22H30N6O3. The number of benzene rings is 1. The van der Waals surface area contributed by atoms with Crippen LogP contribution in [0.15, 0.2) is 18.2 Å². The third-order valence-corrected chi connectivity index (χ3v) is 5.65. The van der Waals surface area contributed by atoms with Crippen LogP contribution in [0.2, 0.25) is 0 Å². The largest absolute Gasteiger partial charge is 0.488 e. The minimum absolute atomic E-state index is 0.0559. The summed E-state index contributed by atoms with van der Waals surface area (Å²) in [5, 5.41) is 11.2. The SMILES string of the molecule is COc1nc(Nc2cc(OC3CCOC3)c(C)cc2C=N)cc(N2CCN(C)CC2)n1. The Morgan fingerprint density at radius 3 is 2.68 bits per heavy atom. The van der Waals surface area contributed by atoms with Crippen molar-refractivity contribution >= 4 is 23.5 Å². The molecule has 31 heavy (non-hydrogen) atoms. The number of ether oxygens (including phenoxy) is 3. The van der Waals surface area contributed by atoms with Gasteiger partial charge in [0.25, 0.3) is 0 Å². The summed E-state index contributed by atoms with van der Waals surface area (Å²) in [6.07, 6.45) is 2.27. The van der Waals surface area contributed by atoms with Crippen molar-refractivity contribution in [2.24, 2.45) is 0 Å². The molecule has 9 heteroatoms. The van der Waals surface area contributed by atoms with Gasteiger partial charge in [0.05, 0.1) is 26.0 Å². The van der Waals surface area contributed by atoms with Crippen molar-refractivity contribution in [1.82, 2.24) is 14.9 Å². The van der Waals surface area contributed by atoms with Crippen LogP contribution in [0, 0.1) is 12.3 Å². The zero-order valence-corrected chi connectivity index (χ0v) is 18.4. The number of methoxy groups -OCH3 is 1. The molecule has 3 heterocycles. The van der Waals surface area contributed by atoms with E-state index in [2.05, 4.69) is 32.1 Å². The lowest BCUT2D eigenvalue weighted by Crippen LogP contribution is -2.44. The monoisotopic (exact) mass is 426 g/mol. The van der Waals surface area contributed by atoms with E-state index >= 15 is 0 Å². The van der Waals surface area contributed by atoms with Crippen molar-refractivity contribution in [1.29, 1.82) is 5.41 Å². The molecular weight excluding hydrogens is 396 g/mol. The summed E-state index contributed by atoms with van der Waals surface area (Å²) < 4.78 is 16.9. The fraction of sp³-hybridized carbons (Fsp3) is 0.500. The van der Waals surface area contributed by atoms with Gasteiger partial charge in [0.1, 0.15) is 23.5 Å². The predicted octanol–water partition coefficient (Wildman–Crippen LogP) is 2.45. The molecule has 1 aromatic carbocycles. The molecule has 2 saturated heterocycles. The van der Waals surface area contributed by atoms with Crippen LogP contribution in [0.1, 0.15) is 17.5 Å². The molecule has 1 aromatic heterocycles. The highest BCUT2D eigenvalue weighted by molar-refractivity contribution is 5.88. The normalized spacial score (nSPS) is 19.3. The summed E-state index contributed by atoms with van der Waals surface area (Å²) in [4.78, 5) is 13.5. The second kappa shape index (κ2) is 9.49. The summed E-state index contributed by atoms with van der Waals surface area (Å²) in [5.41, 5.74) is 2.49. The average molecular weight is 427 g/mol. The van der Waals surface area contributed by atoms with E-state index in [1.165, 1.54) is 6.21 Å². The Hall–Kier alpha value is -2.91. The highest BCUT2D eigenvalue weighted by Gasteiger charge is 2.20. The molecule has 1 atom stereocenters. The predicted molar refractivity (Wildman–Crippen MR) is 120 cm³/mol. The van der Waals surface area contributed by atoms with Crippen LogP contribution >= 0.6 is 0 Å². The maximum absolute atomic E-state index is 7.85. The lowest BCUT2D eigenvalue weighted by atomic mass is 10.1. The maximum atomic E-state index is 7.85. The Labute approximate surface area is 182 Å². The summed E-state index contributed by atoms with van der Waals surface area (Å²) in [6.45, 7) is 7.07. The molecule has 0 saturated carbocycles. The topological polar surface area (TPSA) is 95.8 Å². The quantitative estimate of drug-likeness (QED) is 0.652. The smallest absolute Gasteiger partial charge is 0.320 e. The number of nitrogens with one attached hydrogen (secondary N) is 2. The lowest BCUT2D eigenvalue weighted by Gasteiger charge is -2.33. The van der Waals surface area contributed by atoms with Crippen LogP contribution in [0.25, 0.3) is 0 Å². The number of rotatable bonds is 7. The molecule has 2 aliphatic heterocycles. The Morgan fingerprint density at radius 1 is 1.19 bits per heavy atom. The number of anilines is 3. The molecule has 0 aliphatic carbocycles. The number of aryl methyl sites for hydroxylation is 1. The highest BCUT2D eigenvalue weighted by Crippen LogP contribution is 2.31. The summed E-state index contributed by atoms with van der Waals surface area (Å²) >= 11 is 0. The van der Waals surface area contributed by atoms with Gasteiger partial charge in [-0.25, -0.2) is 0 Å². The molecule has 2 N–H and O–H groups in total. The van der Waals surface area contributed by atoms with Crippen LogP contribution in [0.5, 0.6) is 11.8 Å². The molecule has 0 spiro atoms. The van der Waals surface area contributed by atoms with Gasteiger partial charge in [0.2, 0.25) is 0 Å². The molecule has 0 radical (unpaired) electrons. The zero-order valence-electron chi connectivity index (χ0n) is 18.4. The van der Waals surface area contributed by atoms with Crippen molar-refractivity contribution in [2.45, 2.75) is 19.4 Å². The Morgan fingerprint density at radius 2 is 2.00 bits per heavy atom. The number of aromatic nitrogens is 2. The molecule has 2 fully saturated rings. The van der Waals surface area contributed by atoms with Crippen LogP contribution in [-0.4, -0.2) is 80.7 Å². The number of piperazine rings is 1. The van der Waals surface area contributed by atoms with Gasteiger partial charge in [-0.3, -0.25) is 0 Å². The van der Waals surface area contributed by atoms with E-state index in [1.54, 1.807) is 7.11 Å². The van der Waals surface area contributed by atoms with E-state index in [9.17, 15) is 0 Å². The van der Waals surface area contributed by atoms with Crippen molar-refractivity contribution < 1.29 is 14.2 Å². The molecule has 4 rings (SSSR count). The first-order chi connectivity index (χ1) is 15.1. The number of likely N-dealkylation sites (N-methyl/N-ethyl adjacent to an activating group) is 1. The molecule has 0 amide bonds. The van der Waals surface area contributed by atoms with Crippen LogP contribution in [0.3, 0.4) is 0 Å². The van der Waals surface area contributed by atoms with E-state index in [0.717, 1.165) is 67.6 Å². The van der Waals surface area contributed by atoms with Gasteiger partial charge in [-0.2, -0.15) is 9.97 Å². The maximum Gasteiger partial charge on any atom is 0.320 e. The Bertz CT molecular complexity index is 924. The van der Waals surface area contributed by atoms with Gasteiger partial charge in [-0.15, -0.1) is 0 Å². The van der Waals surface area contributed by atoms with E-state index < -0.39 is 0 Å². The first-order valence-electron chi connectivity index (χ1n) is 10.6.